The molecule has 0 amide bonds. The summed E-state index contributed by atoms with van der Waals surface area (Å²) in [5.74, 6) is 0.610. The highest BCUT2D eigenvalue weighted by molar-refractivity contribution is 4.80. The van der Waals surface area contributed by atoms with Crippen LogP contribution in [0.1, 0.15) is 40.5 Å². The smallest absolute Gasteiger partial charge is 0.144 e. The fraction of sp³-hybridized carbons (Fsp3) is 1.00. The molecular weight excluding hydrogens is 260 g/mol. The van der Waals surface area contributed by atoms with Gasteiger partial charge >= 0.3 is 0 Å². The standard InChI is InChI=1S/C17H41N4/c1-10-12-20(7)17(11-2)21(8,9)13-16(14(3)18-5)15(4)19-6/h14-19H,10-13H2,1-9H3/q+1. The normalized spacial score (nSPS) is 18.6. The second-order valence-electron chi connectivity index (χ2n) is 7.15. The number of hydrogen-bond acceptors (Lipinski definition) is 3. The van der Waals surface area contributed by atoms with Gasteiger partial charge in [0, 0.05) is 31.0 Å². The van der Waals surface area contributed by atoms with Gasteiger partial charge in [-0.3, -0.25) is 4.90 Å². The zero-order valence-corrected chi connectivity index (χ0v) is 16.0. The average Bonchev–Trinajstić information content (AvgIpc) is 2.43. The number of quaternary nitrogens is 1. The second-order valence-corrected chi connectivity index (χ2v) is 7.15. The SMILES string of the molecule is CCCN(C)C(CC)[N+](C)(C)CC(C(C)NC)C(C)NC. The van der Waals surface area contributed by atoms with Crippen molar-refractivity contribution in [1.82, 2.24) is 15.5 Å². The Balaban J connectivity index is 5.07. The molecule has 0 heterocycles. The predicted molar refractivity (Wildman–Crippen MR) is 94.5 cm³/mol. The molecule has 0 bridgehead atoms. The molecule has 0 fully saturated rings. The van der Waals surface area contributed by atoms with Crippen molar-refractivity contribution in [2.45, 2.75) is 58.8 Å². The van der Waals surface area contributed by atoms with E-state index in [4.69, 9.17) is 0 Å². The summed E-state index contributed by atoms with van der Waals surface area (Å²) in [6.45, 7) is 11.5. The molecule has 0 aliphatic rings. The molecule has 2 N–H and O–H groups in total. The molecule has 0 rings (SSSR count). The van der Waals surface area contributed by atoms with Crippen LogP contribution >= 0.6 is 0 Å². The van der Waals surface area contributed by atoms with Crippen molar-refractivity contribution in [3.05, 3.63) is 0 Å². The molecule has 4 heteroatoms. The molecule has 0 radical (unpaired) electrons. The van der Waals surface area contributed by atoms with Crippen LogP contribution in [-0.4, -0.2) is 76.0 Å². The molecule has 0 aromatic heterocycles. The maximum absolute atomic E-state index is 3.45. The van der Waals surface area contributed by atoms with Gasteiger partial charge in [-0.25, -0.2) is 0 Å². The van der Waals surface area contributed by atoms with Crippen LogP contribution in [0.5, 0.6) is 0 Å². The Hall–Kier alpha value is -0.160. The van der Waals surface area contributed by atoms with Gasteiger partial charge in [0.1, 0.15) is 6.17 Å². The molecule has 0 aromatic carbocycles. The van der Waals surface area contributed by atoms with Gasteiger partial charge in [0.15, 0.2) is 0 Å². The summed E-state index contributed by atoms with van der Waals surface area (Å²) in [7, 11) is 11.2. The summed E-state index contributed by atoms with van der Waals surface area (Å²) in [5, 5.41) is 6.90. The van der Waals surface area contributed by atoms with Gasteiger partial charge in [-0.15, -0.1) is 0 Å². The van der Waals surface area contributed by atoms with Gasteiger partial charge in [-0.1, -0.05) is 13.8 Å². The Kier molecular flexibility index (Phi) is 9.70. The Morgan fingerprint density at radius 1 is 1.00 bits per heavy atom. The third-order valence-electron chi connectivity index (χ3n) is 5.13. The van der Waals surface area contributed by atoms with Crippen molar-refractivity contribution in [1.29, 1.82) is 0 Å². The molecule has 4 nitrogen and oxygen atoms in total. The first-order valence-corrected chi connectivity index (χ1v) is 8.62. The van der Waals surface area contributed by atoms with E-state index in [1.165, 1.54) is 25.9 Å². The van der Waals surface area contributed by atoms with Gasteiger partial charge in [0.05, 0.1) is 20.6 Å². The van der Waals surface area contributed by atoms with Gasteiger partial charge < -0.3 is 15.1 Å². The third kappa shape index (κ3) is 6.23. The lowest BCUT2D eigenvalue weighted by atomic mass is 9.92. The predicted octanol–water partition coefficient (Wildman–Crippen LogP) is 1.97. The summed E-state index contributed by atoms with van der Waals surface area (Å²) in [5.41, 5.74) is 0. The molecule has 128 valence electrons. The maximum atomic E-state index is 3.45. The summed E-state index contributed by atoms with van der Waals surface area (Å²) in [6, 6.07) is 1.03. The fourth-order valence-electron chi connectivity index (χ4n) is 3.68. The molecule has 0 saturated carbocycles. The Morgan fingerprint density at radius 2 is 1.48 bits per heavy atom. The van der Waals surface area contributed by atoms with Crippen molar-refractivity contribution >= 4 is 0 Å². The first kappa shape index (κ1) is 20.8. The van der Waals surface area contributed by atoms with Crippen molar-refractivity contribution in [3.63, 3.8) is 0 Å². The van der Waals surface area contributed by atoms with Crippen LogP contribution in [0, 0.1) is 5.92 Å². The number of nitrogens with one attached hydrogen (secondary N) is 2. The highest BCUT2D eigenvalue weighted by Gasteiger charge is 2.35. The zero-order chi connectivity index (χ0) is 16.6. The Bertz CT molecular complexity index is 258. The molecule has 3 unspecified atom stereocenters. The Labute approximate surface area is 133 Å². The van der Waals surface area contributed by atoms with Crippen molar-refractivity contribution in [3.8, 4) is 0 Å². The molecule has 21 heavy (non-hydrogen) atoms. The minimum Gasteiger partial charge on any atom is -0.317 e. The monoisotopic (exact) mass is 301 g/mol. The van der Waals surface area contributed by atoms with Crippen molar-refractivity contribution in [2.24, 2.45) is 5.92 Å². The van der Waals surface area contributed by atoms with Gasteiger partial charge in [0.2, 0.25) is 0 Å². The van der Waals surface area contributed by atoms with Crippen molar-refractivity contribution in [2.75, 3.05) is 48.3 Å². The third-order valence-corrected chi connectivity index (χ3v) is 5.13. The largest absolute Gasteiger partial charge is 0.317 e. The van der Waals surface area contributed by atoms with E-state index < -0.39 is 0 Å². The van der Waals surface area contributed by atoms with Crippen LogP contribution in [0.25, 0.3) is 0 Å². The molecule has 0 aromatic rings. The van der Waals surface area contributed by atoms with Gasteiger partial charge in [-0.2, -0.15) is 0 Å². The first-order chi connectivity index (χ1) is 9.74. The molecule has 0 spiro atoms. The maximum Gasteiger partial charge on any atom is 0.144 e. The molecule has 0 aliphatic heterocycles. The molecule has 3 atom stereocenters. The Morgan fingerprint density at radius 3 is 1.81 bits per heavy atom. The van der Waals surface area contributed by atoms with Crippen LogP contribution in [0.4, 0.5) is 0 Å². The number of hydrogen-bond donors (Lipinski definition) is 2. The first-order valence-electron chi connectivity index (χ1n) is 8.62. The minimum atomic E-state index is 0.513. The summed E-state index contributed by atoms with van der Waals surface area (Å²) < 4.78 is 1.05. The lowest BCUT2D eigenvalue weighted by molar-refractivity contribution is -0.930. The molecular formula is C17H41N4+. The van der Waals surface area contributed by atoms with Crippen LogP contribution < -0.4 is 10.6 Å². The summed E-state index contributed by atoms with van der Waals surface area (Å²) in [6.07, 6.45) is 2.99. The lowest BCUT2D eigenvalue weighted by Gasteiger charge is -2.46. The van der Waals surface area contributed by atoms with E-state index in [2.05, 4.69) is 78.5 Å². The van der Waals surface area contributed by atoms with E-state index in [0.717, 1.165) is 4.48 Å². The van der Waals surface area contributed by atoms with E-state index >= 15 is 0 Å². The van der Waals surface area contributed by atoms with Gasteiger partial charge in [-0.05, 0) is 41.4 Å². The topological polar surface area (TPSA) is 27.3 Å². The zero-order valence-electron chi connectivity index (χ0n) is 16.0. The minimum absolute atomic E-state index is 0.513. The van der Waals surface area contributed by atoms with E-state index in [9.17, 15) is 0 Å². The van der Waals surface area contributed by atoms with E-state index in [-0.39, 0.29) is 0 Å². The summed E-state index contributed by atoms with van der Waals surface area (Å²) in [4.78, 5) is 2.53. The summed E-state index contributed by atoms with van der Waals surface area (Å²) >= 11 is 0. The van der Waals surface area contributed by atoms with Crippen LogP contribution in [0.15, 0.2) is 0 Å². The quantitative estimate of drug-likeness (QED) is 0.451. The van der Waals surface area contributed by atoms with Crippen molar-refractivity contribution < 1.29 is 4.48 Å². The van der Waals surface area contributed by atoms with Crippen LogP contribution in [-0.2, 0) is 0 Å². The number of rotatable bonds is 11. The fourth-order valence-corrected chi connectivity index (χ4v) is 3.68. The second kappa shape index (κ2) is 9.78. The van der Waals surface area contributed by atoms with E-state index in [1.54, 1.807) is 0 Å². The number of nitrogens with zero attached hydrogens (tertiary/aromatic N) is 2. The highest BCUT2D eigenvalue weighted by atomic mass is 15.4. The van der Waals surface area contributed by atoms with Crippen LogP contribution in [0.2, 0.25) is 0 Å². The van der Waals surface area contributed by atoms with Crippen LogP contribution in [0.3, 0.4) is 0 Å². The van der Waals surface area contributed by atoms with Gasteiger partial charge in [0.25, 0.3) is 0 Å². The average molecular weight is 302 g/mol. The van der Waals surface area contributed by atoms with E-state index in [1.807, 2.05) is 0 Å². The highest BCUT2D eigenvalue weighted by Crippen LogP contribution is 2.21. The lowest BCUT2D eigenvalue weighted by Crippen LogP contribution is -2.61. The molecule has 0 saturated heterocycles. The molecule has 0 aliphatic carbocycles. The van der Waals surface area contributed by atoms with E-state index in [0.29, 0.717) is 24.2 Å².